The molecular weight excluding hydrogens is 342 g/mol. The van der Waals surface area contributed by atoms with Gasteiger partial charge in [-0.3, -0.25) is 0 Å². The monoisotopic (exact) mass is 365 g/mol. The first-order valence-corrected chi connectivity index (χ1v) is 8.65. The molecule has 2 aromatic rings. The van der Waals surface area contributed by atoms with Crippen LogP contribution in [0.3, 0.4) is 0 Å². The Morgan fingerprint density at radius 1 is 0.852 bits per heavy atom. The number of hydrogen-bond donors (Lipinski definition) is 0. The minimum Gasteiger partial charge on any atom is -0.493 e. The van der Waals surface area contributed by atoms with Gasteiger partial charge in [-0.1, -0.05) is 6.07 Å². The number of hydrogen-bond acceptors (Lipinski definition) is 5. The van der Waals surface area contributed by atoms with Crippen LogP contribution in [0, 0.1) is 17.2 Å². The average molecular weight is 365 g/mol. The van der Waals surface area contributed by atoms with E-state index in [9.17, 15) is 5.26 Å². The zero-order valence-corrected chi connectivity index (χ0v) is 16.3. The van der Waals surface area contributed by atoms with Crippen LogP contribution in [0.4, 0.5) is 0 Å². The number of methoxy groups -OCH3 is 4. The fourth-order valence-corrected chi connectivity index (χ4v) is 3.60. The van der Waals surface area contributed by atoms with Crippen molar-refractivity contribution in [3.05, 3.63) is 52.6 Å². The van der Waals surface area contributed by atoms with Crippen LogP contribution in [0.1, 0.15) is 23.6 Å². The lowest BCUT2D eigenvalue weighted by molar-refractivity contribution is 0.354. The van der Waals surface area contributed by atoms with E-state index >= 15 is 0 Å². The maximum Gasteiger partial charge on any atom is 0.161 e. The van der Waals surface area contributed by atoms with E-state index in [0.717, 1.165) is 27.8 Å². The van der Waals surface area contributed by atoms with Crippen molar-refractivity contribution >= 4 is 5.57 Å². The summed E-state index contributed by atoms with van der Waals surface area (Å²) in [5, 5.41) is 9.68. The van der Waals surface area contributed by atoms with E-state index in [2.05, 4.69) is 6.07 Å². The maximum atomic E-state index is 9.68. The Hall–Kier alpha value is -3.13. The quantitative estimate of drug-likeness (QED) is 0.793. The molecule has 0 saturated heterocycles. The minimum absolute atomic E-state index is 0.196. The number of fused-ring (bicyclic) bond motifs is 1. The Kier molecular flexibility index (Phi) is 5.27. The van der Waals surface area contributed by atoms with Crippen molar-refractivity contribution in [1.82, 2.24) is 0 Å². The van der Waals surface area contributed by atoms with Crippen LogP contribution in [-0.2, 0) is 6.42 Å². The van der Waals surface area contributed by atoms with Gasteiger partial charge in [0, 0.05) is 0 Å². The van der Waals surface area contributed by atoms with Gasteiger partial charge in [-0.2, -0.15) is 5.26 Å². The Labute approximate surface area is 159 Å². The Morgan fingerprint density at radius 3 is 2.04 bits per heavy atom. The molecule has 0 heterocycles. The number of nitriles is 1. The van der Waals surface area contributed by atoms with Crippen molar-refractivity contribution in [2.45, 2.75) is 13.3 Å². The molecule has 5 heteroatoms. The fraction of sp³-hybridized carbons (Fsp3) is 0.318. The molecule has 1 unspecified atom stereocenters. The van der Waals surface area contributed by atoms with Gasteiger partial charge in [0.05, 0.1) is 40.4 Å². The van der Waals surface area contributed by atoms with Crippen LogP contribution in [0.5, 0.6) is 23.0 Å². The van der Waals surface area contributed by atoms with E-state index in [-0.39, 0.29) is 5.92 Å². The van der Waals surface area contributed by atoms with Crippen molar-refractivity contribution < 1.29 is 18.9 Å². The molecule has 0 aliphatic heterocycles. The third-order valence-corrected chi connectivity index (χ3v) is 5.05. The molecule has 5 nitrogen and oxygen atoms in total. The van der Waals surface area contributed by atoms with Crippen LogP contribution in [0.15, 0.2) is 35.9 Å². The number of nitrogens with zero attached hydrogens (tertiary/aromatic N) is 1. The highest BCUT2D eigenvalue weighted by Crippen LogP contribution is 2.44. The second-order valence-corrected chi connectivity index (χ2v) is 6.38. The Morgan fingerprint density at radius 2 is 1.44 bits per heavy atom. The second-order valence-electron chi connectivity index (χ2n) is 6.38. The summed E-state index contributed by atoms with van der Waals surface area (Å²) < 4.78 is 21.8. The van der Waals surface area contributed by atoms with Crippen molar-refractivity contribution in [1.29, 1.82) is 5.26 Å². The molecule has 0 fully saturated rings. The predicted molar refractivity (Wildman–Crippen MR) is 104 cm³/mol. The van der Waals surface area contributed by atoms with Gasteiger partial charge in [0.2, 0.25) is 0 Å². The van der Waals surface area contributed by atoms with Gasteiger partial charge in [0.25, 0.3) is 0 Å². The van der Waals surface area contributed by atoms with Gasteiger partial charge in [-0.25, -0.2) is 0 Å². The Bertz CT molecular complexity index is 940. The maximum absolute atomic E-state index is 9.68. The van der Waals surface area contributed by atoms with E-state index in [0.29, 0.717) is 29.4 Å². The van der Waals surface area contributed by atoms with Crippen molar-refractivity contribution in [2.75, 3.05) is 28.4 Å². The molecular formula is C22H23NO4. The summed E-state index contributed by atoms with van der Waals surface area (Å²) in [6, 6.07) is 12.2. The molecule has 1 aliphatic carbocycles. The first-order chi connectivity index (χ1) is 13.1. The van der Waals surface area contributed by atoms with Gasteiger partial charge in [-0.05, 0) is 65.4 Å². The standard InChI is InChI=1S/C22H23NO4/c1-13-16(12-23)8-15-10-20(26-4)21(27-5)11-17(15)22(13)14-6-7-18(24-2)19(9-14)25-3/h6-7,9-11,16H,8H2,1-5H3. The lowest BCUT2D eigenvalue weighted by Crippen LogP contribution is -2.15. The van der Waals surface area contributed by atoms with Crippen LogP contribution in [-0.4, -0.2) is 28.4 Å². The van der Waals surface area contributed by atoms with Crippen molar-refractivity contribution in [3.8, 4) is 29.1 Å². The largest absolute Gasteiger partial charge is 0.493 e. The summed E-state index contributed by atoms with van der Waals surface area (Å²) in [6.45, 7) is 2.01. The normalized spacial score (nSPS) is 15.6. The van der Waals surface area contributed by atoms with Gasteiger partial charge in [0.1, 0.15) is 0 Å². The lowest BCUT2D eigenvalue weighted by atomic mass is 9.77. The highest BCUT2D eigenvalue weighted by Gasteiger charge is 2.28. The molecule has 1 atom stereocenters. The number of rotatable bonds is 5. The van der Waals surface area contributed by atoms with Gasteiger partial charge < -0.3 is 18.9 Å². The SMILES string of the molecule is COc1ccc(C2=C(C)C(C#N)Cc3cc(OC)c(OC)cc32)cc1OC. The summed E-state index contributed by atoms with van der Waals surface area (Å²) in [5.74, 6) is 2.45. The molecule has 0 N–H and O–H groups in total. The zero-order valence-electron chi connectivity index (χ0n) is 16.3. The average Bonchev–Trinajstić information content (AvgIpc) is 2.71. The second kappa shape index (κ2) is 7.63. The molecule has 3 rings (SSSR count). The third-order valence-electron chi connectivity index (χ3n) is 5.05. The molecule has 0 radical (unpaired) electrons. The highest BCUT2D eigenvalue weighted by atomic mass is 16.5. The van der Waals surface area contributed by atoms with Gasteiger partial charge in [-0.15, -0.1) is 0 Å². The van der Waals surface area contributed by atoms with Crippen LogP contribution in [0.2, 0.25) is 0 Å². The van der Waals surface area contributed by atoms with E-state index < -0.39 is 0 Å². The number of benzene rings is 2. The molecule has 0 saturated carbocycles. The van der Waals surface area contributed by atoms with Crippen LogP contribution < -0.4 is 18.9 Å². The summed E-state index contributed by atoms with van der Waals surface area (Å²) in [6.07, 6.45) is 0.648. The number of ether oxygens (including phenoxy) is 4. The smallest absolute Gasteiger partial charge is 0.161 e. The predicted octanol–water partition coefficient (Wildman–Crippen LogP) is 4.24. The lowest BCUT2D eigenvalue weighted by Gasteiger charge is -2.27. The molecule has 27 heavy (non-hydrogen) atoms. The van der Waals surface area contributed by atoms with E-state index in [4.69, 9.17) is 18.9 Å². The fourth-order valence-electron chi connectivity index (χ4n) is 3.60. The molecule has 140 valence electrons. The number of allylic oxidation sites excluding steroid dienone is 1. The first kappa shape index (κ1) is 18.7. The van der Waals surface area contributed by atoms with Crippen molar-refractivity contribution in [2.24, 2.45) is 5.92 Å². The topological polar surface area (TPSA) is 60.7 Å². The highest BCUT2D eigenvalue weighted by molar-refractivity contribution is 5.87. The molecule has 1 aliphatic rings. The minimum atomic E-state index is -0.196. The summed E-state index contributed by atoms with van der Waals surface area (Å²) in [4.78, 5) is 0. The molecule has 0 spiro atoms. The van der Waals surface area contributed by atoms with Crippen LogP contribution in [0.25, 0.3) is 5.57 Å². The molecule has 0 bridgehead atoms. The molecule has 0 amide bonds. The third kappa shape index (κ3) is 3.19. The zero-order chi connectivity index (χ0) is 19.6. The van der Waals surface area contributed by atoms with E-state index in [1.165, 1.54) is 0 Å². The summed E-state index contributed by atoms with van der Waals surface area (Å²) in [7, 11) is 6.47. The van der Waals surface area contributed by atoms with Gasteiger partial charge >= 0.3 is 0 Å². The molecule has 2 aromatic carbocycles. The van der Waals surface area contributed by atoms with Gasteiger partial charge in [0.15, 0.2) is 23.0 Å². The van der Waals surface area contributed by atoms with E-state index in [1.54, 1.807) is 28.4 Å². The van der Waals surface area contributed by atoms with Crippen LogP contribution >= 0.6 is 0 Å². The van der Waals surface area contributed by atoms with Crippen molar-refractivity contribution in [3.63, 3.8) is 0 Å². The van der Waals surface area contributed by atoms with E-state index in [1.807, 2.05) is 37.3 Å². The Balaban J connectivity index is 2.26. The summed E-state index contributed by atoms with van der Waals surface area (Å²) >= 11 is 0. The summed E-state index contributed by atoms with van der Waals surface area (Å²) in [5.41, 5.74) is 5.13. The first-order valence-electron chi connectivity index (χ1n) is 8.65. The molecule has 0 aromatic heterocycles.